The van der Waals surface area contributed by atoms with Gasteiger partial charge < -0.3 is 9.84 Å². The number of fused-ring (bicyclic) bond motifs is 7. The number of halogens is 1. The van der Waals surface area contributed by atoms with Crippen molar-refractivity contribution < 1.29 is 14.6 Å². The lowest BCUT2D eigenvalue weighted by Crippen LogP contribution is -2.67. The lowest BCUT2D eigenvalue weighted by molar-refractivity contribution is -0.253. The van der Waals surface area contributed by atoms with Gasteiger partial charge in [-0.3, -0.25) is 9.69 Å². The molecule has 6 rings (SSSR count). The Morgan fingerprint density at radius 3 is 2.22 bits per heavy atom. The van der Waals surface area contributed by atoms with Gasteiger partial charge in [-0.1, -0.05) is 71.5 Å². The molecule has 0 unspecified atom stereocenters. The zero-order valence-corrected chi connectivity index (χ0v) is 31.2. The summed E-state index contributed by atoms with van der Waals surface area (Å²) in [5.74, 6) is 9.66. The first-order valence-corrected chi connectivity index (χ1v) is 18.9. The number of hydrogen-bond donors (Lipinski definition) is 1. The Kier molecular flexibility index (Phi) is 10.3. The molecule has 0 spiro atoms. The van der Waals surface area contributed by atoms with E-state index in [1.807, 2.05) is 0 Å². The average Bonchev–Trinajstić information content (AvgIpc) is 3.19. The van der Waals surface area contributed by atoms with Crippen LogP contribution in [0.15, 0.2) is 12.2 Å². The Balaban J connectivity index is 0.00000417. The molecule has 0 aromatic carbocycles. The standard InChI is InChI=1S/C41H65NO3.ClH/c1-28(2)30-17-22-41(34(44)14-13-27-42-25-11-9-10-12-26-42)24-23-39(7)31(36(30)41)15-16-33-38(6)20-19-35(45-29(3)43)37(4,5)32(38)18-21-40(33,39)8;/h30-36,44H,1,9-12,15-27H2,2-8H3;1H/t30-,31+,32-,33+,34+,35-,36+,38-,39+,40+,41+;/m0./s1. The molecule has 0 radical (unpaired) electrons. The van der Waals surface area contributed by atoms with E-state index in [2.05, 4.69) is 64.9 Å². The van der Waals surface area contributed by atoms with Crippen LogP contribution in [0.25, 0.3) is 0 Å². The summed E-state index contributed by atoms with van der Waals surface area (Å²) in [6.07, 6.45) is 16.4. The number of ether oxygens (including phenoxy) is 1. The van der Waals surface area contributed by atoms with Crippen LogP contribution in [0.3, 0.4) is 0 Å². The second-order valence-electron chi connectivity index (χ2n) is 18.3. The van der Waals surface area contributed by atoms with Crippen LogP contribution in [-0.2, 0) is 9.53 Å². The van der Waals surface area contributed by atoms with E-state index in [1.54, 1.807) is 6.92 Å². The molecule has 5 aliphatic carbocycles. The second-order valence-corrected chi connectivity index (χ2v) is 18.3. The summed E-state index contributed by atoms with van der Waals surface area (Å²) in [6.45, 7) is 24.3. The second kappa shape index (κ2) is 13.0. The van der Waals surface area contributed by atoms with Crippen molar-refractivity contribution in [2.45, 2.75) is 151 Å². The number of carbonyl (C=O) groups is 1. The lowest BCUT2D eigenvalue weighted by Gasteiger charge is -2.73. The van der Waals surface area contributed by atoms with Gasteiger partial charge in [-0.2, -0.15) is 0 Å². The Bertz CT molecular complexity index is 1210. The first-order valence-electron chi connectivity index (χ1n) is 18.9. The van der Waals surface area contributed by atoms with Crippen molar-refractivity contribution in [1.82, 2.24) is 4.90 Å². The minimum Gasteiger partial charge on any atom is -0.462 e. The summed E-state index contributed by atoms with van der Waals surface area (Å²) in [5.41, 5.74) is 1.98. The molecule has 5 saturated carbocycles. The van der Waals surface area contributed by atoms with Crippen molar-refractivity contribution in [3.8, 4) is 11.8 Å². The highest BCUT2D eigenvalue weighted by atomic mass is 35.5. The lowest BCUT2D eigenvalue weighted by atomic mass is 9.32. The number of esters is 1. The molecule has 0 aromatic rings. The molecule has 1 aliphatic heterocycles. The molecular formula is C41H66ClNO3. The predicted octanol–water partition coefficient (Wildman–Crippen LogP) is 9.24. The number of aliphatic hydroxyl groups excluding tert-OH is 1. The summed E-state index contributed by atoms with van der Waals surface area (Å²) in [7, 11) is 0. The SMILES string of the molecule is C=C(C)[C@@H]1CC[C@]2([C@H](O)C#CCN3CCCCCC3)CC[C@]3(C)[C@H](CC[C@@H]4[C@@]5(C)CC[C@H](OC(C)=O)C(C)(C)[C@@H]5CC[C@]43C)[C@@H]12.Cl. The number of hydrogen-bond acceptors (Lipinski definition) is 4. The third kappa shape index (κ3) is 5.54. The highest BCUT2D eigenvalue weighted by molar-refractivity contribution is 5.85. The zero-order valence-electron chi connectivity index (χ0n) is 30.4. The number of aliphatic hydroxyl groups is 1. The van der Waals surface area contributed by atoms with Crippen LogP contribution in [-0.4, -0.2) is 47.8 Å². The predicted molar refractivity (Wildman–Crippen MR) is 190 cm³/mol. The van der Waals surface area contributed by atoms with Gasteiger partial charge in [0, 0.05) is 17.8 Å². The van der Waals surface area contributed by atoms with Crippen molar-refractivity contribution in [3.05, 3.63) is 12.2 Å². The number of allylic oxidation sites excluding steroid dienone is 1. The molecule has 0 amide bonds. The maximum atomic E-state index is 12.1. The van der Waals surface area contributed by atoms with Gasteiger partial charge in [0.2, 0.25) is 0 Å². The Morgan fingerprint density at radius 1 is 0.870 bits per heavy atom. The first-order chi connectivity index (χ1) is 21.2. The van der Waals surface area contributed by atoms with E-state index in [9.17, 15) is 9.90 Å². The average molecular weight is 656 g/mol. The molecule has 46 heavy (non-hydrogen) atoms. The number of carbonyl (C=O) groups excluding carboxylic acids is 1. The molecule has 1 N–H and O–H groups in total. The fraction of sp³-hybridized carbons (Fsp3) is 0.878. The van der Waals surface area contributed by atoms with E-state index < -0.39 is 6.10 Å². The molecular weight excluding hydrogens is 590 g/mol. The van der Waals surface area contributed by atoms with E-state index in [4.69, 9.17) is 4.74 Å². The number of rotatable bonds is 4. The normalized spacial score (nSPS) is 45.6. The summed E-state index contributed by atoms with van der Waals surface area (Å²) < 4.78 is 5.97. The first kappa shape index (κ1) is 36.3. The summed E-state index contributed by atoms with van der Waals surface area (Å²) in [5, 5.41) is 12.1. The third-order valence-corrected chi connectivity index (χ3v) is 16.2. The molecule has 0 aromatic heterocycles. The van der Waals surface area contributed by atoms with E-state index in [1.165, 1.54) is 63.4 Å². The Hall–Kier alpha value is -1.02. The van der Waals surface area contributed by atoms with Gasteiger partial charge in [-0.05, 0) is 143 Å². The summed E-state index contributed by atoms with van der Waals surface area (Å²) >= 11 is 0. The van der Waals surface area contributed by atoms with Crippen LogP contribution in [0, 0.1) is 68.5 Å². The van der Waals surface area contributed by atoms with Crippen molar-refractivity contribution in [3.63, 3.8) is 0 Å². The Labute approximate surface area is 288 Å². The topological polar surface area (TPSA) is 49.8 Å². The van der Waals surface area contributed by atoms with E-state index in [0.29, 0.717) is 29.6 Å². The summed E-state index contributed by atoms with van der Waals surface area (Å²) in [4.78, 5) is 14.5. The Morgan fingerprint density at radius 2 is 1.57 bits per heavy atom. The van der Waals surface area contributed by atoms with Crippen molar-refractivity contribution in [2.24, 2.45) is 56.7 Å². The van der Waals surface area contributed by atoms with E-state index >= 15 is 0 Å². The molecule has 11 atom stereocenters. The quantitative estimate of drug-likeness (QED) is 0.186. The monoisotopic (exact) mass is 655 g/mol. The molecule has 4 nitrogen and oxygen atoms in total. The number of likely N-dealkylation sites (tertiary alicyclic amines) is 1. The molecule has 6 aliphatic rings. The van der Waals surface area contributed by atoms with Crippen LogP contribution in [0.1, 0.15) is 138 Å². The number of nitrogens with zero attached hydrogens (tertiary/aromatic N) is 1. The third-order valence-electron chi connectivity index (χ3n) is 16.2. The van der Waals surface area contributed by atoms with Gasteiger partial charge in [0.1, 0.15) is 12.2 Å². The van der Waals surface area contributed by atoms with Crippen molar-refractivity contribution in [2.75, 3.05) is 19.6 Å². The minimum absolute atomic E-state index is 0. The molecule has 5 heteroatoms. The van der Waals surface area contributed by atoms with Crippen LogP contribution >= 0.6 is 12.4 Å². The summed E-state index contributed by atoms with van der Waals surface area (Å²) in [6, 6.07) is 0. The van der Waals surface area contributed by atoms with Gasteiger partial charge in [-0.15, -0.1) is 12.4 Å². The molecule has 0 bridgehead atoms. The minimum atomic E-state index is -0.542. The van der Waals surface area contributed by atoms with Crippen molar-refractivity contribution >= 4 is 18.4 Å². The highest BCUT2D eigenvalue weighted by Gasteiger charge is 2.71. The van der Waals surface area contributed by atoms with Gasteiger partial charge in [0.25, 0.3) is 0 Å². The fourth-order valence-electron chi connectivity index (χ4n) is 13.7. The van der Waals surface area contributed by atoms with Gasteiger partial charge in [0.05, 0.1) is 6.54 Å². The van der Waals surface area contributed by atoms with Crippen molar-refractivity contribution in [1.29, 1.82) is 0 Å². The van der Waals surface area contributed by atoms with Gasteiger partial charge in [0.15, 0.2) is 0 Å². The van der Waals surface area contributed by atoms with E-state index in [0.717, 1.165) is 51.7 Å². The maximum Gasteiger partial charge on any atom is 0.302 e. The molecule has 1 heterocycles. The molecule has 6 fully saturated rings. The van der Waals surface area contributed by atoms with Gasteiger partial charge >= 0.3 is 5.97 Å². The largest absolute Gasteiger partial charge is 0.462 e. The molecule has 1 saturated heterocycles. The van der Waals surface area contributed by atoms with Crippen LogP contribution in [0.5, 0.6) is 0 Å². The molecule has 260 valence electrons. The van der Waals surface area contributed by atoms with E-state index in [-0.39, 0.29) is 51.6 Å². The van der Waals surface area contributed by atoms with Gasteiger partial charge in [-0.25, -0.2) is 0 Å². The van der Waals surface area contributed by atoms with Crippen LogP contribution in [0.2, 0.25) is 0 Å². The maximum absolute atomic E-state index is 12.1. The zero-order chi connectivity index (χ0) is 32.4. The van der Waals surface area contributed by atoms with Crippen LogP contribution < -0.4 is 0 Å². The smallest absolute Gasteiger partial charge is 0.302 e. The van der Waals surface area contributed by atoms with Crippen LogP contribution in [0.4, 0.5) is 0 Å². The highest BCUT2D eigenvalue weighted by Crippen LogP contribution is 2.78. The fourth-order valence-corrected chi connectivity index (χ4v) is 13.7.